The van der Waals surface area contributed by atoms with Crippen molar-refractivity contribution >= 4 is 5.70 Å². The Bertz CT molecular complexity index is 481. The van der Waals surface area contributed by atoms with Crippen LogP contribution >= 0.6 is 0 Å². The fraction of sp³-hybridized carbons (Fsp3) is 0.250. The van der Waals surface area contributed by atoms with E-state index in [2.05, 4.69) is 0 Å². The lowest BCUT2D eigenvalue weighted by atomic mass is 10.00. The largest absolute Gasteiger partial charge is 0.417 e. The van der Waals surface area contributed by atoms with E-state index in [4.69, 9.17) is 11.0 Å². The van der Waals surface area contributed by atoms with Gasteiger partial charge >= 0.3 is 6.18 Å². The zero-order valence-electron chi connectivity index (χ0n) is 9.17. The summed E-state index contributed by atoms with van der Waals surface area (Å²) in [6, 6.07) is 6.79. The molecule has 0 fully saturated rings. The number of hydrogen-bond donors (Lipinski definition) is 1. The van der Waals surface area contributed by atoms with Gasteiger partial charge in [0, 0.05) is 5.56 Å². The van der Waals surface area contributed by atoms with Crippen LogP contribution in [0.15, 0.2) is 29.8 Å². The topological polar surface area (TPSA) is 49.8 Å². The molecular weight excluding hydrogens is 229 g/mol. The number of nitrogens with two attached hydrogens (primary N) is 1. The molecule has 0 saturated heterocycles. The van der Waals surface area contributed by atoms with E-state index in [1.54, 1.807) is 6.92 Å². The van der Waals surface area contributed by atoms with Crippen molar-refractivity contribution in [2.24, 2.45) is 5.73 Å². The first kappa shape index (κ1) is 13.1. The van der Waals surface area contributed by atoms with Crippen LogP contribution in [0.25, 0.3) is 5.70 Å². The van der Waals surface area contributed by atoms with Gasteiger partial charge in [-0.1, -0.05) is 25.1 Å². The second-order valence-electron chi connectivity index (χ2n) is 3.40. The van der Waals surface area contributed by atoms with Gasteiger partial charge in [0.05, 0.1) is 22.9 Å². The summed E-state index contributed by atoms with van der Waals surface area (Å²) >= 11 is 0. The van der Waals surface area contributed by atoms with Crippen molar-refractivity contribution in [3.63, 3.8) is 0 Å². The van der Waals surface area contributed by atoms with Gasteiger partial charge in [-0.05, 0) is 12.5 Å². The van der Waals surface area contributed by atoms with Crippen molar-refractivity contribution in [2.45, 2.75) is 19.5 Å². The Balaban J connectivity index is 3.44. The van der Waals surface area contributed by atoms with Gasteiger partial charge in [0.1, 0.15) is 0 Å². The van der Waals surface area contributed by atoms with E-state index in [0.29, 0.717) is 6.42 Å². The Morgan fingerprint density at radius 3 is 2.41 bits per heavy atom. The molecule has 0 atom stereocenters. The molecule has 0 aliphatic heterocycles. The number of halogens is 3. The summed E-state index contributed by atoms with van der Waals surface area (Å²) in [5, 5.41) is 8.78. The van der Waals surface area contributed by atoms with Crippen molar-refractivity contribution in [3.05, 3.63) is 41.0 Å². The summed E-state index contributed by atoms with van der Waals surface area (Å²) in [6.07, 6.45) is -4.18. The second-order valence-corrected chi connectivity index (χ2v) is 3.40. The fourth-order valence-corrected chi connectivity index (χ4v) is 1.46. The van der Waals surface area contributed by atoms with E-state index < -0.39 is 11.7 Å². The highest BCUT2D eigenvalue weighted by Crippen LogP contribution is 2.34. The van der Waals surface area contributed by atoms with Gasteiger partial charge in [0.25, 0.3) is 0 Å². The van der Waals surface area contributed by atoms with E-state index in [1.165, 1.54) is 18.2 Å². The third-order valence-electron chi connectivity index (χ3n) is 2.34. The minimum atomic E-state index is -4.48. The molecule has 0 radical (unpaired) electrons. The van der Waals surface area contributed by atoms with Crippen molar-refractivity contribution in [2.75, 3.05) is 0 Å². The highest BCUT2D eigenvalue weighted by molar-refractivity contribution is 5.71. The van der Waals surface area contributed by atoms with E-state index in [9.17, 15) is 13.2 Å². The summed E-state index contributed by atoms with van der Waals surface area (Å²) in [4.78, 5) is 0. The van der Waals surface area contributed by atoms with Crippen LogP contribution in [0.1, 0.15) is 24.5 Å². The molecule has 0 saturated carbocycles. The Labute approximate surface area is 97.2 Å². The molecule has 1 aromatic rings. The Morgan fingerprint density at radius 2 is 1.94 bits per heavy atom. The minimum absolute atomic E-state index is 0.108. The number of rotatable bonds is 2. The van der Waals surface area contributed by atoms with Gasteiger partial charge in [-0.15, -0.1) is 0 Å². The summed E-state index contributed by atoms with van der Waals surface area (Å²) in [7, 11) is 0. The van der Waals surface area contributed by atoms with Gasteiger partial charge in [-0.2, -0.15) is 18.4 Å². The zero-order chi connectivity index (χ0) is 13.1. The molecule has 1 rings (SSSR count). The SMILES string of the molecule is CC/C(C#N)=C(/N)c1ccccc1C(F)(F)F. The normalized spacial score (nSPS) is 12.9. The highest BCUT2D eigenvalue weighted by Gasteiger charge is 2.33. The van der Waals surface area contributed by atoms with Crippen LogP contribution in [0.4, 0.5) is 13.2 Å². The first-order valence-electron chi connectivity index (χ1n) is 4.97. The molecule has 0 amide bonds. The number of hydrogen-bond acceptors (Lipinski definition) is 2. The number of allylic oxidation sites excluding steroid dienone is 1. The summed E-state index contributed by atoms with van der Waals surface area (Å²) in [5.74, 6) is 0. The number of nitrogens with zero attached hydrogens (tertiary/aromatic N) is 1. The molecule has 0 unspecified atom stereocenters. The molecule has 0 aliphatic rings. The van der Waals surface area contributed by atoms with Crippen molar-refractivity contribution in [1.29, 1.82) is 5.26 Å². The summed E-state index contributed by atoms with van der Waals surface area (Å²) in [6.45, 7) is 1.67. The minimum Gasteiger partial charge on any atom is -0.397 e. The molecule has 2 N–H and O–H groups in total. The van der Waals surface area contributed by atoms with E-state index >= 15 is 0 Å². The third-order valence-corrected chi connectivity index (χ3v) is 2.34. The monoisotopic (exact) mass is 240 g/mol. The van der Waals surface area contributed by atoms with Crippen molar-refractivity contribution < 1.29 is 13.2 Å². The molecule has 2 nitrogen and oxygen atoms in total. The molecule has 17 heavy (non-hydrogen) atoms. The Hall–Kier alpha value is -1.96. The number of alkyl halides is 3. The average Bonchev–Trinajstić information content (AvgIpc) is 2.29. The van der Waals surface area contributed by atoms with Crippen LogP contribution in [-0.2, 0) is 6.18 Å². The number of nitriles is 1. The van der Waals surface area contributed by atoms with Crippen LogP contribution in [0.3, 0.4) is 0 Å². The van der Waals surface area contributed by atoms with Gasteiger partial charge < -0.3 is 5.73 Å². The van der Waals surface area contributed by atoms with Crippen LogP contribution in [0.2, 0.25) is 0 Å². The molecule has 0 aromatic heterocycles. The molecular formula is C12H11F3N2. The molecule has 0 heterocycles. The van der Waals surface area contributed by atoms with Gasteiger partial charge in [-0.25, -0.2) is 0 Å². The van der Waals surface area contributed by atoms with Gasteiger partial charge in [-0.3, -0.25) is 0 Å². The lowest BCUT2D eigenvalue weighted by Gasteiger charge is -2.13. The predicted octanol–water partition coefficient (Wildman–Crippen LogP) is 3.31. The summed E-state index contributed by atoms with van der Waals surface area (Å²) in [5.41, 5.74) is 4.70. The average molecular weight is 240 g/mol. The maximum absolute atomic E-state index is 12.7. The van der Waals surface area contributed by atoms with Crippen LogP contribution in [0.5, 0.6) is 0 Å². The number of benzene rings is 1. The van der Waals surface area contributed by atoms with Gasteiger partial charge in [0.15, 0.2) is 0 Å². The quantitative estimate of drug-likeness (QED) is 0.806. The molecule has 0 aliphatic carbocycles. The molecule has 5 heteroatoms. The summed E-state index contributed by atoms with van der Waals surface area (Å²) < 4.78 is 38.2. The lowest BCUT2D eigenvalue weighted by molar-refractivity contribution is -0.137. The van der Waals surface area contributed by atoms with E-state index in [-0.39, 0.29) is 16.8 Å². The smallest absolute Gasteiger partial charge is 0.397 e. The third kappa shape index (κ3) is 2.78. The lowest BCUT2D eigenvalue weighted by Crippen LogP contribution is -2.12. The van der Waals surface area contributed by atoms with E-state index in [1.807, 2.05) is 6.07 Å². The first-order chi connectivity index (χ1) is 7.91. The molecule has 90 valence electrons. The molecule has 0 bridgehead atoms. The first-order valence-corrected chi connectivity index (χ1v) is 4.97. The second kappa shape index (κ2) is 4.91. The fourth-order valence-electron chi connectivity index (χ4n) is 1.46. The van der Waals surface area contributed by atoms with E-state index in [0.717, 1.165) is 6.07 Å². The maximum atomic E-state index is 12.7. The standard InChI is InChI=1S/C12H11F3N2/c1-2-8(7-16)11(17)9-5-3-4-6-10(9)12(13,14)15/h3-6H,2,17H2,1H3/b11-8-. The van der Waals surface area contributed by atoms with Crippen molar-refractivity contribution in [1.82, 2.24) is 0 Å². The van der Waals surface area contributed by atoms with Crippen molar-refractivity contribution in [3.8, 4) is 6.07 Å². The Morgan fingerprint density at radius 1 is 1.35 bits per heavy atom. The van der Waals surface area contributed by atoms with Gasteiger partial charge in [0.2, 0.25) is 0 Å². The van der Waals surface area contributed by atoms with Crippen LogP contribution in [-0.4, -0.2) is 0 Å². The maximum Gasteiger partial charge on any atom is 0.417 e. The molecule has 1 aromatic carbocycles. The zero-order valence-corrected chi connectivity index (χ0v) is 9.17. The molecule has 0 spiro atoms. The highest BCUT2D eigenvalue weighted by atomic mass is 19.4. The Kier molecular flexibility index (Phi) is 3.79. The van der Waals surface area contributed by atoms with Crippen LogP contribution < -0.4 is 5.73 Å². The predicted molar refractivity (Wildman–Crippen MR) is 58.5 cm³/mol. The van der Waals surface area contributed by atoms with Crippen LogP contribution in [0, 0.1) is 11.3 Å².